The Morgan fingerprint density at radius 1 is 0.667 bits per heavy atom. The number of aromatic hydroxyl groups is 2. The minimum absolute atomic E-state index is 0.00833. The second-order valence-electron chi connectivity index (χ2n) is 4.24. The van der Waals surface area contributed by atoms with Crippen LogP contribution >= 0.6 is 0 Å². The molecule has 0 aliphatic heterocycles. The van der Waals surface area contributed by atoms with Crippen molar-refractivity contribution in [2.24, 2.45) is 0 Å². The Kier molecular flexibility index (Phi) is 2.01. The molecule has 4 heteroatoms. The fraction of sp³-hybridized carbons (Fsp3) is 0. The zero-order valence-corrected chi connectivity index (χ0v) is 9.51. The van der Waals surface area contributed by atoms with Crippen molar-refractivity contribution < 1.29 is 10.2 Å². The molecule has 0 fully saturated rings. The molecule has 0 saturated carbocycles. The lowest BCUT2D eigenvalue weighted by molar-refractivity contribution is 0.479. The molecule has 0 saturated heterocycles. The van der Waals surface area contributed by atoms with E-state index in [0.29, 0.717) is 32.9 Å². The Hall–Kier alpha value is -2.62. The van der Waals surface area contributed by atoms with Gasteiger partial charge in [-0.15, -0.1) is 0 Å². The topological polar surface area (TPSA) is 92.5 Å². The molecule has 6 N–H and O–H groups in total. The van der Waals surface area contributed by atoms with Crippen LogP contribution in [0.4, 0.5) is 11.4 Å². The molecule has 0 heterocycles. The first-order valence-electron chi connectivity index (χ1n) is 5.51. The molecule has 0 bridgehead atoms. The lowest BCUT2D eigenvalue weighted by atomic mass is 9.98. The number of hydrogen-bond donors (Lipinski definition) is 4. The Labute approximate surface area is 103 Å². The van der Waals surface area contributed by atoms with Gasteiger partial charge < -0.3 is 21.7 Å². The van der Waals surface area contributed by atoms with E-state index >= 15 is 0 Å². The molecule has 0 radical (unpaired) electrons. The average Bonchev–Trinajstić information content (AvgIpc) is 2.35. The highest BCUT2D eigenvalue weighted by Gasteiger charge is 2.15. The van der Waals surface area contributed by atoms with Gasteiger partial charge in [-0.2, -0.15) is 0 Å². The summed E-state index contributed by atoms with van der Waals surface area (Å²) in [5.74, 6) is 0.0893. The van der Waals surface area contributed by atoms with E-state index < -0.39 is 0 Å². The molecule has 0 spiro atoms. The molecule has 0 aromatic heterocycles. The van der Waals surface area contributed by atoms with E-state index in [2.05, 4.69) is 0 Å². The zero-order chi connectivity index (χ0) is 12.9. The van der Waals surface area contributed by atoms with Crippen LogP contribution in [0.5, 0.6) is 11.5 Å². The van der Waals surface area contributed by atoms with Crippen molar-refractivity contribution in [1.82, 2.24) is 0 Å². The monoisotopic (exact) mass is 240 g/mol. The molecular weight excluding hydrogens is 228 g/mol. The second-order valence-corrected chi connectivity index (χ2v) is 4.24. The molecule has 3 rings (SSSR count). The molecule has 18 heavy (non-hydrogen) atoms. The average molecular weight is 240 g/mol. The number of nitrogen functional groups attached to an aromatic ring is 2. The van der Waals surface area contributed by atoms with Gasteiger partial charge in [0.15, 0.2) is 0 Å². The molecular formula is C14H12N2O2. The molecule has 0 amide bonds. The van der Waals surface area contributed by atoms with Crippen LogP contribution in [0.25, 0.3) is 21.5 Å². The summed E-state index contributed by atoms with van der Waals surface area (Å²) < 4.78 is 0. The normalized spacial score (nSPS) is 11.1. The van der Waals surface area contributed by atoms with Crippen LogP contribution in [0.2, 0.25) is 0 Å². The Morgan fingerprint density at radius 2 is 1.11 bits per heavy atom. The summed E-state index contributed by atoms with van der Waals surface area (Å²) in [5.41, 5.74) is 12.5. The summed E-state index contributed by atoms with van der Waals surface area (Å²) in [7, 11) is 0. The zero-order valence-electron chi connectivity index (χ0n) is 9.51. The van der Waals surface area contributed by atoms with E-state index in [1.165, 1.54) is 0 Å². The quantitative estimate of drug-likeness (QED) is 0.276. The van der Waals surface area contributed by atoms with Crippen molar-refractivity contribution in [2.75, 3.05) is 11.5 Å². The summed E-state index contributed by atoms with van der Waals surface area (Å²) in [6, 6.07) is 10.2. The van der Waals surface area contributed by atoms with Gasteiger partial charge in [-0.3, -0.25) is 0 Å². The first-order valence-corrected chi connectivity index (χ1v) is 5.51. The van der Waals surface area contributed by atoms with Crippen LogP contribution in [0.3, 0.4) is 0 Å². The van der Waals surface area contributed by atoms with Gasteiger partial charge in [0.25, 0.3) is 0 Å². The predicted octanol–water partition coefficient (Wildman–Crippen LogP) is 2.57. The Morgan fingerprint density at radius 3 is 1.56 bits per heavy atom. The van der Waals surface area contributed by atoms with E-state index in [9.17, 15) is 10.2 Å². The van der Waals surface area contributed by atoms with Crippen LogP contribution in [0.1, 0.15) is 0 Å². The minimum Gasteiger partial charge on any atom is -0.507 e. The number of fused-ring (bicyclic) bond motifs is 2. The van der Waals surface area contributed by atoms with Crippen molar-refractivity contribution in [3.05, 3.63) is 36.4 Å². The van der Waals surface area contributed by atoms with Gasteiger partial charge in [0.2, 0.25) is 0 Å². The number of phenolic OH excluding ortho intramolecular Hbond substituents is 2. The number of hydrogen-bond acceptors (Lipinski definition) is 4. The van der Waals surface area contributed by atoms with Crippen LogP contribution in [0, 0.1) is 0 Å². The standard InChI is InChI=1S/C14H12N2O2/c15-9-5-1-3-7-11(9)14(18)12-8(13(7)17)4-2-6-10(12)16/h1-6,17-18H,15-16H2. The SMILES string of the molecule is Nc1cccc2c(O)c3cccc(N)c3c(O)c12. The molecule has 0 atom stereocenters. The molecule has 4 nitrogen and oxygen atoms in total. The molecule has 0 aliphatic rings. The third-order valence-corrected chi connectivity index (χ3v) is 3.18. The van der Waals surface area contributed by atoms with E-state index in [-0.39, 0.29) is 11.5 Å². The van der Waals surface area contributed by atoms with Crippen LogP contribution in [0.15, 0.2) is 36.4 Å². The fourth-order valence-electron chi connectivity index (χ4n) is 2.33. The smallest absolute Gasteiger partial charge is 0.135 e. The predicted molar refractivity (Wildman–Crippen MR) is 73.6 cm³/mol. The van der Waals surface area contributed by atoms with Gasteiger partial charge in [0, 0.05) is 22.1 Å². The van der Waals surface area contributed by atoms with Gasteiger partial charge in [0.05, 0.1) is 10.8 Å². The van der Waals surface area contributed by atoms with Crippen molar-refractivity contribution >= 4 is 32.9 Å². The third-order valence-electron chi connectivity index (χ3n) is 3.18. The van der Waals surface area contributed by atoms with E-state index in [0.717, 1.165) is 0 Å². The van der Waals surface area contributed by atoms with E-state index in [1.807, 2.05) is 0 Å². The highest BCUT2D eigenvalue weighted by molar-refractivity contribution is 6.17. The van der Waals surface area contributed by atoms with Crippen LogP contribution in [-0.2, 0) is 0 Å². The lowest BCUT2D eigenvalue weighted by Crippen LogP contribution is -1.92. The maximum absolute atomic E-state index is 10.3. The first-order chi connectivity index (χ1) is 8.61. The van der Waals surface area contributed by atoms with Gasteiger partial charge in [-0.1, -0.05) is 24.3 Å². The minimum atomic E-state index is 0.00833. The largest absolute Gasteiger partial charge is 0.507 e. The van der Waals surface area contributed by atoms with Crippen molar-refractivity contribution in [3.63, 3.8) is 0 Å². The van der Waals surface area contributed by atoms with E-state index in [4.69, 9.17) is 11.5 Å². The number of phenols is 2. The molecule has 3 aromatic rings. The highest BCUT2D eigenvalue weighted by Crippen LogP contribution is 2.45. The van der Waals surface area contributed by atoms with Crippen LogP contribution in [-0.4, -0.2) is 10.2 Å². The molecule has 90 valence electrons. The molecule has 0 aliphatic carbocycles. The second kappa shape index (κ2) is 3.43. The Balaban J connectivity index is 2.71. The van der Waals surface area contributed by atoms with Crippen molar-refractivity contribution in [2.45, 2.75) is 0 Å². The van der Waals surface area contributed by atoms with Crippen molar-refractivity contribution in [3.8, 4) is 11.5 Å². The van der Waals surface area contributed by atoms with Crippen molar-refractivity contribution in [1.29, 1.82) is 0 Å². The van der Waals surface area contributed by atoms with Gasteiger partial charge in [-0.05, 0) is 12.1 Å². The Bertz CT molecular complexity index is 719. The summed E-state index contributed by atoms with van der Waals surface area (Å²) in [5, 5.41) is 22.5. The summed E-state index contributed by atoms with van der Waals surface area (Å²) in [6.07, 6.45) is 0. The number of benzene rings is 3. The van der Waals surface area contributed by atoms with Gasteiger partial charge >= 0.3 is 0 Å². The summed E-state index contributed by atoms with van der Waals surface area (Å²) >= 11 is 0. The first kappa shape index (κ1) is 10.5. The molecule has 3 aromatic carbocycles. The summed E-state index contributed by atoms with van der Waals surface area (Å²) in [4.78, 5) is 0. The van der Waals surface area contributed by atoms with Crippen LogP contribution < -0.4 is 11.5 Å². The fourth-order valence-corrected chi connectivity index (χ4v) is 2.33. The maximum atomic E-state index is 10.3. The van der Waals surface area contributed by atoms with Gasteiger partial charge in [0.1, 0.15) is 11.5 Å². The highest BCUT2D eigenvalue weighted by atomic mass is 16.3. The lowest BCUT2D eigenvalue weighted by Gasteiger charge is -2.12. The number of rotatable bonds is 0. The molecule has 0 unspecified atom stereocenters. The summed E-state index contributed by atoms with van der Waals surface area (Å²) in [6.45, 7) is 0. The van der Waals surface area contributed by atoms with E-state index in [1.54, 1.807) is 36.4 Å². The number of anilines is 2. The third kappa shape index (κ3) is 1.20. The van der Waals surface area contributed by atoms with Gasteiger partial charge in [-0.25, -0.2) is 0 Å². The maximum Gasteiger partial charge on any atom is 0.135 e. The number of nitrogens with two attached hydrogens (primary N) is 2.